The molecule has 176 valence electrons. The van der Waals surface area contributed by atoms with E-state index in [4.69, 9.17) is 4.74 Å². The Balaban J connectivity index is 1.98. The Bertz CT molecular complexity index is 1390. The van der Waals surface area contributed by atoms with Crippen LogP contribution in [0.1, 0.15) is 35.3 Å². The van der Waals surface area contributed by atoms with E-state index in [9.17, 15) is 23.9 Å². The number of carbonyl (C=O) groups excluding carboxylic acids is 2. The zero-order valence-electron chi connectivity index (χ0n) is 18.9. The third kappa shape index (κ3) is 3.76. The summed E-state index contributed by atoms with van der Waals surface area (Å²) in [6.07, 6.45) is 2.92. The van der Waals surface area contributed by atoms with Crippen LogP contribution in [0, 0.1) is 5.82 Å². The van der Waals surface area contributed by atoms with Gasteiger partial charge in [0.2, 0.25) is 5.76 Å². The monoisotopic (exact) mass is 466 g/mol. The number of aromatic hydroxyl groups is 1. The molecule has 10 heteroatoms. The van der Waals surface area contributed by atoms with Crippen molar-refractivity contribution in [2.45, 2.75) is 20.3 Å². The quantitative estimate of drug-likeness (QED) is 0.576. The number of amides is 2. The van der Waals surface area contributed by atoms with Crippen LogP contribution < -0.4 is 15.6 Å². The van der Waals surface area contributed by atoms with Crippen molar-refractivity contribution in [3.63, 3.8) is 0 Å². The average molecular weight is 466 g/mol. The number of pyridine rings is 2. The van der Waals surface area contributed by atoms with Crippen molar-refractivity contribution < 1.29 is 23.8 Å². The Morgan fingerprint density at radius 1 is 1.21 bits per heavy atom. The molecule has 1 aromatic carbocycles. The molecule has 1 aliphatic rings. The number of halogens is 1. The van der Waals surface area contributed by atoms with Gasteiger partial charge in [-0.3, -0.25) is 23.9 Å². The molecule has 0 spiro atoms. The largest absolute Gasteiger partial charge is 0.505 e. The first-order valence-electron chi connectivity index (χ1n) is 10.7. The van der Waals surface area contributed by atoms with Crippen molar-refractivity contribution in [3.8, 4) is 11.5 Å². The fourth-order valence-electron chi connectivity index (χ4n) is 3.89. The topological polar surface area (TPSA) is 114 Å². The lowest BCUT2D eigenvalue weighted by molar-refractivity contribution is -0.128. The van der Waals surface area contributed by atoms with E-state index in [0.29, 0.717) is 18.7 Å². The molecule has 3 heterocycles. The third-order valence-electron chi connectivity index (χ3n) is 5.70. The number of ether oxygens (including phenoxy) is 1. The van der Waals surface area contributed by atoms with Crippen LogP contribution in [0.15, 0.2) is 41.0 Å². The van der Waals surface area contributed by atoms with Gasteiger partial charge in [0.25, 0.3) is 17.4 Å². The van der Waals surface area contributed by atoms with Gasteiger partial charge in [-0.1, -0.05) is 12.1 Å². The first kappa shape index (κ1) is 23.0. The fourth-order valence-corrected chi connectivity index (χ4v) is 3.89. The average Bonchev–Trinajstić information content (AvgIpc) is 2.84. The summed E-state index contributed by atoms with van der Waals surface area (Å²) in [5.41, 5.74) is 0.0467. The molecule has 34 heavy (non-hydrogen) atoms. The van der Waals surface area contributed by atoms with Gasteiger partial charge in [0.1, 0.15) is 22.4 Å². The highest BCUT2D eigenvalue weighted by atomic mass is 19.1. The summed E-state index contributed by atoms with van der Waals surface area (Å²) in [6, 6.07) is 5.85. The van der Waals surface area contributed by atoms with Gasteiger partial charge in [-0.15, -0.1) is 0 Å². The molecule has 0 atom stereocenters. The van der Waals surface area contributed by atoms with E-state index in [-0.39, 0.29) is 34.8 Å². The predicted molar refractivity (Wildman–Crippen MR) is 123 cm³/mol. The zero-order chi connectivity index (χ0) is 24.6. The van der Waals surface area contributed by atoms with Crippen LogP contribution in [-0.4, -0.2) is 51.5 Å². The third-order valence-corrected chi connectivity index (χ3v) is 5.70. The summed E-state index contributed by atoms with van der Waals surface area (Å²) in [6.45, 7) is 4.48. The standard InChI is InChI=1S/C24H23FN4O5/c1-4-28(5-2)23(32)16-12-29-19-18(20(30)17(24(29)33)22(31)26-3)27-11-14(21(19)34-16)10-13-6-8-15(25)9-7-13/h6-9,11-12,30H,4-5,10H2,1-3H3,(H,26,31). The maximum atomic E-state index is 13.4. The van der Waals surface area contributed by atoms with Crippen molar-refractivity contribution in [1.29, 1.82) is 0 Å². The smallest absolute Gasteiger partial charge is 0.291 e. The van der Waals surface area contributed by atoms with Gasteiger partial charge >= 0.3 is 0 Å². The van der Waals surface area contributed by atoms with E-state index in [1.807, 2.05) is 13.8 Å². The number of likely N-dealkylation sites (N-methyl/N-ethyl adjacent to an activating group) is 1. The summed E-state index contributed by atoms with van der Waals surface area (Å²) in [5, 5.41) is 13.1. The second kappa shape index (κ2) is 8.97. The molecule has 9 nitrogen and oxygen atoms in total. The maximum Gasteiger partial charge on any atom is 0.291 e. The first-order valence-corrected chi connectivity index (χ1v) is 10.7. The fraction of sp³-hybridized carbons (Fsp3) is 0.250. The Morgan fingerprint density at radius 2 is 1.88 bits per heavy atom. The number of rotatable bonds is 6. The second-order valence-corrected chi connectivity index (χ2v) is 7.66. The molecule has 2 N–H and O–H groups in total. The van der Waals surface area contributed by atoms with E-state index in [2.05, 4.69) is 10.3 Å². The van der Waals surface area contributed by atoms with Crippen LogP contribution in [0.3, 0.4) is 0 Å². The van der Waals surface area contributed by atoms with Crippen LogP contribution in [-0.2, 0) is 11.2 Å². The predicted octanol–water partition coefficient (Wildman–Crippen LogP) is 2.25. The lowest BCUT2D eigenvalue weighted by atomic mass is 10.0. The Morgan fingerprint density at radius 3 is 2.50 bits per heavy atom. The molecule has 1 aliphatic heterocycles. The van der Waals surface area contributed by atoms with Crippen molar-refractivity contribution >= 4 is 29.0 Å². The maximum absolute atomic E-state index is 13.4. The molecule has 0 fully saturated rings. The molecular weight excluding hydrogens is 443 g/mol. The van der Waals surface area contributed by atoms with Crippen LogP contribution in [0.5, 0.6) is 11.5 Å². The molecule has 0 saturated carbocycles. The van der Waals surface area contributed by atoms with E-state index < -0.39 is 28.7 Å². The molecule has 0 radical (unpaired) electrons. The number of hydrogen-bond donors (Lipinski definition) is 2. The van der Waals surface area contributed by atoms with Gasteiger partial charge < -0.3 is 20.1 Å². The number of nitrogens with zero attached hydrogens (tertiary/aromatic N) is 3. The number of hydrogen-bond acceptors (Lipinski definition) is 6. The molecule has 0 saturated heterocycles. The van der Waals surface area contributed by atoms with E-state index >= 15 is 0 Å². The van der Waals surface area contributed by atoms with Crippen molar-refractivity contribution in [2.75, 3.05) is 20.1 Å². The van der Waals surface area contributed by atoms with E-state index in [1.54, 1.807) is 12.1 Å². The number of carbonyl (C=O) groups is 2. The molecular formula is C24H23FN4O5. The lowest BCUT2D eigenvalue weighted by Crippen LogP contribution is -2.36. The van der Waals surface area contributed by atoms with E-state index in [1.165, 1.54) is 36.5 Å². The molecule has 2 amide bonds. The van der Waals surface area contributed by atoms with Crippen molar-refractivity contribution in [1.82, 2.24) is 19.8 Å². The summed E-state index contributed by atoms with van der Waals surface area (Å²) < 4.78 is 20.5. The zero-order valence-corrected chi connectivity index (χ0v) is 18.9. The molecule has 2 aromatic heterocycles. The minimum absolute atomic E-state index is 0.0263. The molecule has 0 bridgehead atoms. The van der Waals surface area contributed by atoms with Gasteiger partial charge in [-0.2, -0.15) is 0 Å². The van der Waals surface area contributed by atoms with E-state index in [0.717, 1.165) is 10.1 Å². The second-order valence-electron chi connectivity index (χ2n) is 7.66. The summed E-state index contributed by atoms with van der Waals surface area (Å²) >= 11 is 0. The number of nitrogens with one attached hydrogen (secondary N) is 1. The van der Waals surface area contributed by atoms with Gasteiger partial charge in [0, 0.05) is 38.3 Å². The minimum Gasteiger partial charge on any atom is -0.505 e. The van der Waals surface area contributed by atoms with Gasteiger partial charge in [0.15, 0.2) is 11.5 Å². The summed E-state index contributed by atoms with van der Waals surface area (Å²) in [5.74, 6) is -2.14. The highest BCUT2D eigenvalue weighted by Crippen LogP contribution is 2.38. The number of aromatic nitrogens is 2. The van der Waals surface area contributed by atoms with Gasteiger partial charge in [0.05, 0.1) is 6.20 Å². The van der Waals surface area contributed by atoms with Crippen LogP contribution in [0.25, 0.3) is 17.2 Å². The Labute approximate surface area is 194 Å². The number of benzene rings is 1. The van der Waals surface area contributed by atoms with Crippen molar-refractivity contribution in [2.24, 2.45) is 0 Å². The summed E-state index contributed by atoms with van der Waals surface area (Å²) in [4.78, 5) is 44.5. The van der Waals surface area contributed by atoms with Crippen molar-refractivity contribution in [3.05, 3.63) is 69.1 Å². The van der Waals surface area contributed by atoms with Crippen LogP contribution in [0.2, 0.25) is 0 Å². The summed E-state index contributed by atoms with van der Waals surface area (Å²) in [7, 11) is 1.33. The molecule has 0 unspecified atom stereocenters. The molecule has 0 aliphatic carbocycles. The first-order chi connectivity index (χ1) is 16.3. The highest BCUT2D eigenvalue weighted by Gasteiger charge is 2.31. The Kier molecular flexibility index (Phi) is 6.06. The minimum atomic E-state index is -0.820. The molecule has 4 rings (SSSR count). The normalized spacial score (nSPS) is 12.2. The SMILES string of the molecule is CCN(CC)C(=O)C1=Cn2c(=O)c(C(=O)NC)c(O)c3ncc(Cc4ccc(F)cc4)c(c32)O1. The van der Waals surface area contributed by atoms with Crippen LogP contribution in [0.4, 0.5) is 4.39 Å². The van der Waals surface area contributed by atoms with Gasteiger partial charge in [-0.05, 0) is 31.5 Å². The van der Waals surface area contributed by atoms with Gasteiger partial charge in [-0.25, -0.2) is 4.39 Å². The Hall–Kier alpha value is -4.21. The molecule has 3 aromatic rings. The van der Waals surface area contributed by atoms with Crippen LogP contribution >= 0.6 is 0 Å². The lowest BCUT2D eigenvalue weighted by Gasteiger charge is -2.25. The highest BCUT2D eigenvalue weighted by molar-refractivity contribution is 6.04.